The van der Waals surface area contributed by atoms with Gasteiger partial charge in [0.15, 0.2) is 0 Å². The first-order chi connectivity index (χ1) is 11.5. The Hall–Kier alpha value is -2.82. The first-order valence-electron chi connectivity index (χ1n) is 7.96. The fraction of sp³-hybridized carbons (Fsp3) is 0.263. The number of hydrogen-bond acceptors (Lipinski definition) is 3. The summed E-state index contributed by atoms with van der Waals surface area (Å²) in [5.41, 5.74) is 1.64. The van der Waals surface area contributed by atoms with Crippen molar-refractivity contribution in [2.75, 3.05) is 11.9 Å². The second kappa shape index (κ2) is 8.15. The number of carbonyl (C=O) groups is 2. The van der Waals surface area contributed by atoms with Crippen LogP contribution < -0.4 is 15.4 Å². The van der Waals surface area contributed by atoms with Crippen LogP contribution >= 0.6 is 0 Å². The number of para-hydroxylation sites is 1. The summed E-state index contributed by atoms with van der Waals surface area (Å²) in [6, 6.07) is 13.9. The van der Waals surface area contributed by atoms with Crippen molar-refractivity contribution in [2.45, 2.75) is 26.9 Å². The monoisotopic (exact) mass is 326 g/mol. The highest BCUT2D eigenvalue weighted by Gasteiger charge is 2.13. The summed E-state index contributed by atoms with van der Waals surface area (Å²) >= 11 is 0. The Bertz CT molecular complexity index is 709. The second-order valence-electron chi connectivity index (χ2n) is 5.55. The number of benzene rings is 2. The molecule has 0 aliphatic heterocycles. The van der Waals surface area contributed by atoms with Gasteiger partial charge in [0.05, 0.1) is 11.7 Å². The molecular formula is C19H22N2O3. The number of anilines is 1. The Balaban J connectivity index is 2.11. The quantitative estimate of drug-likeness (QED) is 0.854. The Morgan fingerprint density at radius 1 is 1.00 bits per heavy atom. The van der Waals surface area contributed by atoms with Crippen LogP contribution in [0.1, 0.15) is 41.5 Å². The van der Waals surface area contributed by atoms with E-state index in [9.17, 15) is 9.59 Å². The Labute approximate surface area is 142 Å². The van der Waals surface area contributed by atoms with E-state index in [1.165, 1.54) is 0 Å². The van der Waals surface area contributed by atoms with Crippen LogP contribution in [0, 0.1) is 0 Å². The zero-order valence-corrected chi connectivity index (χ0v) is 14.1. The number of nitrogens with one attached hydrogen (secondary N) is 2. The van der Waals surface area contributed by atoms with Gasteiger partial charge >= 0.3 is 0 Å². The molecule has 0 aromatic heterocycles. The van der Waals surface area contributed by atoms with Gasteiger partial charge < -0.3 is 15.4 Å². The highest BCUT2D eigenvalue weighted by atomic mass is 16.5. The molecule has 0 saturated carbocycles. The summed E-state index contributed by atoms with van der Waals surface area (Å²) in [5.74, 6) is 0.159. The van der Waals surface area contributed by atoms with Crippen LogP contribution in [0.2, 0.25) is 0 Å². The van der Waals surface area contributed by atoms with E-state index in [1.54, 1.807) is 42.5 Å². The van der Waals surface area contributed by atoms with Gasteiger partial charge in [-0.15, -0.1) is 0 Å². The van der Waals surface area contributed by atoms with Gasteiger partial charge in [0.1, 0.15) is 5.75 Å². The molecule has 0 fully saturated rings. The van der Waals surface area contributed by atoms with Gasteiger partial charge in [-0.05, 0) is 57.2 Å². The molecule has 0 unspecified atom stereocenters. The lowest BCUT2D eigenvalue weighted by Gasteiger charge is -2.14. The van der Waals surface area contributed by atoms with Crippen molar-refractivity contribution in [1.29, 1.82) is 0 Å². The third-order valence-corrected chi connectivity index (χ3v) is 3.24. The third kappa shape index (κ3) is 4.59. The SMILES string of the molecule is CCNC(=O)c1ccc(NC(=O)c2ccccc2OC(C)C)cc1. The van der Waals surface area contributed by atoms with Crippen molar-refractivity contribution < 1.29 is 14.3 Å². The molecule has 0 aliphatic rings. The third-order valence-electron chi connectivity index (χ3n) is 3.24. The zero-order chi connectivity index (χ0) is 17.5. The van der Waals surface area contributed by atoms with E-state index < -0.39 is 0 Å². The number of hydrogen-bond donors (Lipinski definition) is 2. The van der Waals surface area contributed by atoms with E-state index in [0.29, 0.717) is 29.1 Å². The van der Waals surface area contributed by atoms with Crippen molar-refractivity contribution in [3.63, 3.8) is 0 Å². The standard InChI is InChI=1S/C19H22N2O3/c1-4-20-18(22)14-9-11-15(12-10-14)21-19(23)16-7-5-6-8-17(16)24-13(2)3/h5-13H,4H2,1-3H3,(H,20,22)(H,21,23). The smallest absolute Gasteiger partial charge is 0.259 e. The molecule has 5 nitrogen and oxygen atoms in total. The topological polar surface area (TPSA) is 67.4 Å². The number of rotatable bonds is 6. The summed E-state index contributed by atoms with van der Waals surface area (Å²) in [7, 11) is 0. The van der Waals surface area contributed by atoms with Gasteiger partial charge in [0.2, 0.25) is 0 Å². The largest absolute Gasteiger partial charge is 0.490 e. The van der Waals surface area contributed by atoms with Gasteiger partial charge in [-0.25, -0.2) is 0 Å². The van der Waals surface area contributed by atoms with E-state index in [1.807, 2.05) is 26.8 Å². The van der Waals surface area contributed by atoms with Crippen LogP contribution in [-0.2, 0) is 0 Å². The number of carbonyl (C=O) groups excluding carboxylic acids is 2. The van der Waals surface area contributed by atoms with Crippen LogP contribution in [-0.4, -0.2) is 24.5 Å². The van der Waals surface area contributed by atoms with E-state index in [0.717, 1.165) is 0 Å². The summed E-state index contributed by atoms with van der Waals surface area (Å²) in [4.78, 5) is 24.2. The van der Waals surface area contributed by atoms with Crippen LogP contribution in [0.5, 0.6) is 5.75 Å². The minimum absolute atomic E-state index is 0.0182. The molecular weight excluding hydrogens is 304 g/mol. The van der Waals surface area contributed by atoms with Crippen molar-refractivity contribution in [1.82, 2.24) is 5.32 Å². The molecule has 0 atom stereocenters. The molecule has 2 rings (SSSR count). The van der Waals surface area contributed by atoms with E-state index in [-0.39, 0.29) is 17.9 Å². The molecule has 2 N–H and O–H groups in total. The molecule has 0 bridgehead atoms. The van der Waals surface area contributed by atoms with Gasteiger partial charge in [-0.1, -0.05) is 12.1 Å². The molecule has 0 spiro atoms. The predicted molar refractivity (Wildman–Crippen MR) is 94.6 cm³/mol. The average Bonchev–Trinajstić information content (AvgIpc) is 2.55. The van der Waals surface area contributed by atoms with Gasteiger partial charge in [-0.3, -0.25) is 9.59 Å². The molecule has 2 aromatic rings. The minimum atomic E-state index is -0.253. The lowest BCUT2D eigenvalue weighted by molar-refractivity contribution is 0.0955. The maximum atomic E-state index is 12.5. The Kier molecular flexibility index (Phi) is 5.95. The van der Waals surface area contributed by atoms with Crippen molar-refractivity contribution >= 4 is 17.5 Å². The van der Waals surface area contributed by atoms with E-state index in [2.05, 4.69) is 10.6 Å². The minimum Gasteiger partial charge on any atom is -0.490 e. The Morgan fingerprint density at radius 2 is 1.67 bits per heavy atom. The molecule has 126 valence electrons. The molecule has 24 heavy (non-hydrogen) atoms. The molecule has 0 saturated heterocycles. The summed E-state index contributed by atoms with van der Waals surface area (Å²) < 4.78 is 5.67. The highest BCUT2D eigenvalue weighted by Crippen LogP contribution is 2.21. The molecule has 0 heterocycles. The number of amides is 2. The van der Waals surface area contributed by atoms with Crippen LogP contribution in [0.25, 0.3) is 0 Å². The first-order valence-corrected chi connectivity index (χ1v) is 7.96. The zero-order valence-electron chi connectivity index (χ0n) is 14.1. The van der Waals surface area contributed by atoms with Crippen molar-refractivity contribution in [3.8, 4) is 5.75 Å². The molecule has 2 aromatic carbocycles. The fourth-order valence-corrected chi connectivity index (χ4v) is 2.18. The molecule has 0 radical (unpaired) electrons. The summed E-state index contributed by atoms with van der Waals surface area (Å²) in [6.45, 7) is 6.26. The fourth-order valence-electron chi connectivity index (χ4n) is 2.18. The first kappa shape index (κ1) is 17.5. The highest BCUT2D eigenvalue weighted by molar-refractivity contribution is 6.06. The normalized spacial score (nSPS) is 10.3. The summed E-state index contributed by atoms with van der Waals surface area (Å²) in [5, 5.41) is 5.55. The van der Waals surface area contributed by atoms with Crippen LogP contribution in [0.15, 0.2) is 48.5 Å². The van der Waals surface area contributed by atoms with Gasteiger partial charge in [0.25, 0.3) is 11.8 Å². The average molecular weight is 326 g/mol. The van der Waals surface area contributed by atoms with Crippen LogP contribution in [0.4, 0.5) is 5.69 Å². The van der Waals surface area contributed by atoms with Crippen molar-refractivity contribution in [3.05, 3.63) is 59.7 Å². The molecule has 5 heteroatoms. The maximum Gasteiger partial charge on any atom is 0.259 e. The second-order valence-corrected chi connectivity index (χ2v) is 5.55. The van der Waals surface area contributed by atoms with E-state index in [4.69, 9.17) is 4.74 Å². The Morgan fingerprint density at radius 3 is 2.29 bits per heavy atom. The van der Waals surface area contributed by atoms with Gasteiger partial charge in [0, 0.05) is 17.8 Å². The summed E-state index contributed by atoms with van der Waals surface area (Å²) in [6.07, 6.45) is -0.0182. The maximum absolute atomic E-state index is 12.5. The molecule has 0 aliphatic carbocycles. The predicted octanol–water partition coefficient (Wildman–Crippen LogP) is 3.48. The van der Waals surface area contributed by atoms with Gasteiger partial charge in [-0.2, -0.15) is 0 Å². The lowest BCUT2D eigenvalue weighted by Crippen LogP contribution is -2.22. The van der Waals surface area contributed by atoms with E-state index >= 15 is 0 Å². The number of ether oxygens (including phenoxy) is 1. The van der Waals surface area contributed by atoms with Crippen LogP contribution in [0.3, 0.4) is 0 Å². The van der Waals surface area contributed by atoms with Crippen molar-refractivity contribution in [2.24, 2.45) is 0 Å². The molecule has 2 amide bonds. The lowest BCUT2D eigenvalue weighted by atomic mass is 10.1.